The summed E-state index contributed by atoms with van der Waals surface area (Å²) in [5.74, 6) is 0.103. The first kappa shape index (κ1) is 17.6. The third-order valence-electron chi connectivity index (χ3n) is 4.47. The van der Waals surface area contributed by atoms with Gasteiger partial charge in [-0.3, -0.25) is 9.78 Å². The normalized spacial score (nSPS) is 10.6. The van der Waals surface area contributed by atoms with Crippen LogP contribution in [-0.2, 0) is 6.54 Å². The van der Waals surface area contributed by atoms with E-state index in [2.05, 4.69) is 25.6 Å². The van der Waals surface area contributed by atoms with Gasteiger partial charge in [-0.05, 0) is 36.2 Å². The van der Waals surface area contributed by atoms with Crippen molar-refractivity contribution in [3.8, 4) is 0 Å². The van der Waals surface area contributed by atoms with Crippen LogP contribution in [0, 0.1) is 6.92 Å². The molecule has 2 aromatic carbocycles. The zero-order valence-corrected chi connectivity index (χ0v) is 15.4. The lowest BCUT2D eigenvalue weighted by atomic mass is 10.1. The molecule has 1 amide bonds. The molecule has 4 aromatic rings. The van der Waals surface area contributed by atoms with Gasteiger partial charge < -0.3 is 10.6 Å². The fraction of sp³-hybridized carbons (Fsp3) is 0.0909. The van der Waals surface area contributed by atoms with Crippen molar-refractivity contribution in [3.05, 3.63) is 89.9 Å². The maximum Gasteiger partial charge on any atom is 0.270 e. The number of anilines is 2. The fourth-order valence-electron chi connectivity index (χ4n) is 2.95. The zero-order chi connectivity index (χ0) is 19.3. The van der Waals surface area contributed by atoms with Crippen LogP contribution < -0.4 is 10.6 Å². The first-order chi connectivity index (χ1) is 13.7. The van der Waals surface area contributed by atoms with Crippen molar-refractivity contribution in [1.82, 2.24) is 20.3 Å². The van der Waals surface area contributed by atoms with E-state index in [4.69, 9.17) is 0 Å². The molecule has 2 aromatic heterocycles. The molecule has 0 unspecified atom stereocenters. The third-order valence-corrected chi connectivity index (χ3v) is 4.47. The van der Waals surface area contributed by atoms with E-state index < -0.39 is 0 Å². The Labute approximate surface area is 162 Å². The Morgan fingerprint density at radius 1 is 0.929 bits per heavy atom. The SMILES string of the molecule is Cc1ccccc1CNC(=O)c1ccnc(Nc2cccc3cccnc23)n1. The van der Waals surface area contributed by atoms with Gasteiger partial charge in [-0.15, -0.1) is 0 Å². The van der Waals surface area contributed by atoms with Crippen LogP contribution in [-0.4, -0.2) is 20.9 Å². The van der Waals surface area contributed by atoms with Gasteiger partial charge in [-0.1, -0.05) is 42.5 Å². The number of hydrogen-bond acceptors (Lipinski definition) is 5. The van der Waals surface area contributed by atoms with E-state index in [-0.39, 0.29) is 5.91 Å². The fourth-order valence-corrected chi connectivity index (χ4v) is 2.95. The van der Waals surface area contributed by atoms with Crippen LogP contribution in [0.15, 0.2) is 73.1 Å². The van der Waals surface area contributed by atoms with Crippen molar-refractivity contribution in [2.24, 2.45) is 0 Å². The number of pyridine rings is 1. The second-order valence-electron chi connectivity index (χ2n) is 6.38. The minimum atomic E-state index is -0.246. The highest BCUT2D eigenvalue weighted by atomic mass is 16.1. The van der Waals surface area contributed by atoms with E-state index in [1.54, 1.807) is 18.5 Å². The lowest BCUT2D eigenvalue weighted by Gasteiger charge is -2.10. The van der Waals surface area contributed by atoms with Gasteiger partial charge in [0, 0.05) is 24.3 Å². The average molecular weight is 369 g/mol. The molecule has 6 nitrogen and oxygen atoms in total. The summed E-state index contributed by atoms with van der Waals surface area (Å²) >= 11 is 0. The number of carbonyl (C=O) groups is 1. The molecule has 0 atom stereocenters. The summed E-state index contributed by atoms with van der Waals surface area (Å²) in [7, 11) is 0. The smallest absolute Gasteiger partial charge is 0.270 e. The molecule has 0 spiro atoms. The standard InChI is InChI=1S/C22H19N5O/c1-15-6-2-3-7-17(15)14-25-21(28)19-11-13-24-22(27-19)26-18-10-4-8-16-9-5-12-23-20(16)18/h2-13H,14H2,1H3,(H,25,28)(H,24,26,27). The van der Waals surface area contributed by atoms with Gasteiger partial charge in [-0.25, -0.2) is 9.97 Å². The molecule has 0 radical (unpaired) electrons. The van der Waals surface area contributed by atoms with Crippen molar-refractivity contribution in [1.29, 1.82) is 0 Å². The summed E-state index contributed by atoms with van der Waals surface area (Å²) in [6, 6.07) is 19.3. The summed E-state index contributed by atoms with van der Waals surface area (Å²) < 4.78 is 0. The molecule has 0 saturated carbocycles. The van der Waals surface area contributed by atoms with Gasteiger partial charge in [0.1, 0.15) is 5.69 Å². The molecular weight excluding hydrogens is 350 g/mol. The molecule has 2 heterocycles. The predicted octanol–water partition coefficient (Wildman–Crippen LogP) is 4.01. The number of fused-ring (bicyclic) bond motifs is 1. The van der Waals surface area contributed by atoms with Crippen LogP contribution in [0.3, 0.4) is 0 Å². The molecule has 28 heavy (non-hydrogen) atoms. The molecule has 0 aliphatic carbocycles. The third kappa shape index (κ3) is 3.81. The van der Waals surface area contributed by atoms with Crippen LogP contribution in [0.5, 0.6) is 0 Å². The lowest BCUT2D eigenvalue weighted by molar-refractivity contribution is 0.0946. The molecule has 2 N–H and O–H groups in total. The van der Waals surface area contributed by atoms with Crippen molar-refractivity contribution < 1.29 is 4.79 Å². The highest BCUT2D eigenvalue weighted by Crippen LogP contribution is 2.22. The van der Waals surface area contributed by atoms with Gasteiger partial charge in [0.15, 0.2) is 0 Å². The summed E-state index contributed by atoms with van der Waals surface area (Å²) in [6.45, 7) is 2.47. The van der Waals surface area contributed by atoms with Gasteiger partial charge in [0.25, 0.3) is 5.91 Å². The molecule has 138 valence electrons. The van der Waals surface area contributed by atoms with Crippen molar-refractivity contribution in [3.63, 3.8) is 0 Å². The van der Waals surface area contributed by atoms with E-state index in [0.29, 0.717) is 18.2 Å². The Hall–Kier alpha value is -3.80. The first-order valence-corrected chi connectivity index (χ1v) is 8.97. The van der Waals surface area contributed by atoms with Crippen LogP contribution in [0.1, 0.15) is 21.6 Å². The maximum absolute atomic E-state index is 12.5. The molecule has 0 bridgehead atoms. The highest BCUT2D eigenvalue weighted by molar-refractivity contribution is 5.93. The molecule has 0 saturated heterocycles. The Balaban J connectivity index is 1.51. The number of rotatable bonds is 5. The molecule has 0 aliphatic heterocycles. The summed E-state index contributed by atoms with van der Waals surface area (Å²) in [6.07, 6.45) is 3.31. The summed E-state index contributed by atoms with van der Waals surface area (Å²) in [4.78, 5) is 25.5. The van der Waals surface area contributed by atoms with Gasteiger partial charge in [0.2, 0.25) is 5.95 Å². The quantitative estimate of drug-likeness (QED) is 0.556. The van der Waals surface area contributed by atoms with Gasteiger partial charge >= 0.3 is 0 Å². The van der Waals surface area contributed by atoms with Crippen LogP contribution in [0.2, 0.25) is 0 Å². The van der Waals surface area contributed by atoms with Crippen molar-refractivity contribution in [2.75, 3.05) is 5.32 Å². The number of nitrogens with one attached hydrogen (secondary N) is 2. The lowest BCUT2D eigenvalue weighted by Crippen LogP contribution is -2.24. The number of para-hydroxylation sites is 1. The van der Waals surface area contributed by atoms with Crippen LogP contribution in [0.25, 0.3) is 10.9 Å². The second kappa shape index (κ2) is 7.84. The van der Waals surface area contributed by atoms with Crippen molar-refractivity contribution >= 4 is 28.4 Å². The second-order valence-corrected chi connectivity index (χ2v) is 6.38. The Kier molecular flexibility index (Phi) is 4.93. The summed E-state index contributed by atoms with van der Waals surface area (Å²) in [5, 5.41) is 7.08. The van der Waals surface area contributed by atoms with E-state index in [9.17, 15) is 4.79 Å². The largest absolute Gasteiger partial charge is 0.347 e. The topological polar surface area (TPSA) is 79.8 Å². The number of nitrogens with zero attached hydrogens (tertiary/aromatic N) is 3. The monoisotopic (exact) mass is 369 g/mol. The van der Waals surface area contributed by atoms with Gasteiger partial charge in [-0.2, -0.15) is 0 Å². The highest BCUT2D eigenvalue weighted by Gasteiger charge is 2.10. The number of amides is 1. The number of benzene rings is 2. The number of aryl methyl sites for hydroxylation is 1. The first-order valence-electron chi connectivity index (χ1n) is 8.97. The van der Waals surface area contributed by atoms with E-state index in [0.717, 1.165) is 27.7 Å². The summed E-state index contributed by atoms with van der Waals surface area (Å²) in [5.41, 5.74) is 4.12. The minimum Gasteiger partial charge on any atom is -0.347 e. The molecule has 6 heteroatoms. The Morgan fingerprint density at radius 2 is 1.79 bits per heavy atom. The van der Waals surface area contributed by atoms with Crippen LogP contribution in [0.4, 0.5) is 11.6 Å². The molecule has 0 fully saturated rings. The minimum absolute atomic E-state index is 0.246. The number of aromatic nitrogens is 3. The van der Waals surface area contributed by atoms with Crippen LogP contribution >= 0.6 is 0 Å². The number of carbonyl (C=O) groups excluding carboxylic acids is 1. The average Bonchev–Trinajstić information content (AvgIpc) is 2.73. The maximum atomic E-state index is 12.5. The van der Waals surface area contributed by atoms with Gasteiger partial charge in [0.05, 0.1) is 11.2 Å². The molecular formula is C22H19N5O. The molecule has 4 rings (SSSR count). The zero-order valence-electron chi connectivity index (χ0n) is 15.4. The van der Waals surface area contributed by atoms with Crippen molar-refractivity contribution in [2.45, 2.75) is 13.5 Å². The molecule has 0 aliphatic rings. The Morgan fingerprint density at radius 3 is 2.68 bits per heavy atom. The Bertz CT molecular complexity index is 1140. The predicted molar refractivity (Wildman–Crippen MR) is 109 cm³/mol. The van der Waals surface area contributed by atoms with E-state index in [1.165, 1.54) is 0 Å². The number of hydrogen-bond donors (Lipinski definition) is 2. The van der Waals surface area contributed by atoms with E-state index >= 15 is 0 Å². The van der Waals surface area contributed by atoms with E-state index in [1.807, 2.05) is 61.5 Å².